The minimum atomic E-state index is -0.957. The van der Waals surface area contributed by atoms with E-state index < -0.39 is 12.0 Å². The molecule has 15 heavy (non-hydrogen) atoms. The summed E-state index contributed by atoms with van der Waals surface area (Å²) in [5.41, 5.74) is 0. The Labute approximate surface area is 94.8 Å². The molecule has 4 nitrogen and oxygen atoms in total. The molecule has 0 aromatic carbocycles. The smallest absolute Gasteiger partial charge is 0.326 e. The summed E-state index contributed by atoms with van der Waals surface area (Å²) in [6.07, 6.45) is 3.03. The lowest BCUT2D eigenvalue weighted by atomic mass is 9.99. The van der Waals surface area contributed by atoms with Crippen molar-refractivity contribution < 1.29 is 14.7 Å². The highest BCUT2D eigenvalue weighted by atomic mass is 32.2. The van der Waals surface area contributed by atoms with Gasteiger partial charge in [0.15, 0.2) is 0 Å². The van der Waals surface area contributed by atoms with Gasteiger partial charge in [-0.1, -0.05) is 20.3 Å². The van der Waals surface area contributed by atoms with Crippen LogP contribution >= 0.6 is 11.8 Å². The maximum absolute atomic E-state index is 11.3. The molecule has 2 atom stereocenters. The third-order valence-corrected chi connectivity index (χ3v) is 2.94. The fraction of sp³-hybridized carbons (Fsp3) is 0.800. The third kappa shape index (κ3) is 5.67. The van der Waals surface area contributed by atoms with Crippen LogP contribution in [0.1, 0.15) is 26.7 Å². The van der Waals surface area contributed by atoms with E-state index in [0.717, 1.165) is 12.2 Å². The normalized spacial score (nSPS) is 14.3. The van der Waals surface area contributed by atoms with E-state index in [4.69, 9.17) is 5.11 Å². The number of hydrogen-bond donors (Lipinski definition) is 2. The van der Waals surface area contributed by atoms with Crippen molar-refractivity contribution in [2.24, 2.45) is 5.92 Å². The van der Waals surface area contributed by atoms with E-state index in [1.807, 2.05) is 20.1 Å². The maximum Gasteiger partial charge on any atom is 0.326 e. The fourth-order valence-electron chi connectivity index (χ4n) is 1.12. The summed E-state index contributed by atoms with van der Waals surface area (Å²) in [7, 11) is 0. The molecule has 5 heteroatoms. The molecule has 0 saturated heterocycles. The number of nitrogens with one attached hydrogen (secondary N) is 1. The van der Waals surface area contributed by atoms with Gasteiger partial charge in [-0.3, -0.25) is 4.79 Å². The van der Waals surface area contributed by atoms with E-state index in [9.17, 15) is 9.59 Å². The average molecular weight is 233 g/mol. The SMILES string of the molecule is CCC(C)C(NC(=O)CCSC)C(=O)O. The molecule has 0 aromatic heterocycles. The first kappa shape index (κ1) is 14.3. The second-order valence-corrected chi connectivity index (χ2v) is 4.50. The first-order valence-corrected chi connectivity index (χ1v) is 6.43. The van der Waals surface area contributed by atoms with Crippen LogP contribution in [0.3, 0.4) is 0 Å². The van der Waals surface area contributed by atoms with Crippen molar-refractivity contribution in [2.45, 2.75) is 32.7 Å². The van der Waals surface area contributed by atoms with Crippen molar-refractivity contribution in [1.29, 1.82) is 0 Å². The number of hydrogen-bond acceptors (Lipinski definition) is 3. The highest BCUT2D eigenvalue weighted by molar-refractivity contribution is 7.98. The van der Waals surface area contributed by atoms with Crippen molar-refractivity contribution in [3.63, 3.8) is 0 Å². The first-order valence-electron chi connectivity index (χ1n) is 5.04. The Balaban J connectivity index is 4.16. The van der Waals surface area contributed by atoms with Crippen LogP contribution in [0, 0.1) is 5.92 Å². The first-order chi connectivity index (χ1) is 7.02. The van der Waals surface area contributed by atoms with Crippen LogP contribution in [0.25, 0.3) is 0 Å². The lowest BCUT2D eigenvalue weighted by Crippen LogP contribution is -2.45. The summed E-state index contributed by atoms with van der Waals surface area (Å²) in [5, 5.41) is 11.5. The van der Waals surface area contributed by atoms with Crippen LogP contribution < -0.4 is 5.32 Å². The Kier molecular flexibility index (Phi) is 7.21. The molecule has 0 saturated carbocycles. The molecule has 0 fully saturated rings. The number of carbonyl (C=O) groups excluding carboxylic acids is 1. The van der Waals surface area contributed by atoms with E-state index in [0.29, 0.717) is 6.42 Å². The van der Waals surface area contributed by atoms with Gasteiger partial charge in [0.05, 0.1) is 0 Å². The summed E-state index contributed by atoms with van der Waals surface area (Å²) >= 11 is 1.57. The van der Waals surface area contributed by atoms with E-state index in [-0.39, 0.29) is 11.8 Å². The minimum Gasteiger partial charge on any atom is -0.480 e. The van der Waals surface area contributed by atoms with Gasteiger partial charge in [-0.05, 0) is 12.2 Å². The largest absolute Gasteiger partial charge is 0.480 e. The van der Waals surface area contributed by atoms with Gasteiger partial charge in [-0.25, -0.2) is 4.79 Å². The predicted octanol–water partition coefficient (Wildman–Crippen LogP) is 1.35. The third-order valence-electron chi connectivity index (χ3n) is 2.33. The monoisotopic (exact) mass is 233 g/mol. The quantitative estimate of drug-likeness (QED) is 0.696. The van der Waals surface area contributed by atoms with Crippen LogP contribution in [-0.4, -0.2) is 35.0 Å². The number of rotatable bonds is 7. The van der Waals surface area contributed by atoms with Gasteiger partial charge < -0.3 is 10.4 Å². The average Bonchev–Trinajstić information content (AvgIpc) is 2.21. The Morgan fingerprint density at radius 2 is 2.07 bits per heavy atom. The highest BCUT2D eigenvalue weighted by Gasteiger charge is 2.24. The van der Waals surface area contributed by atoms with E-state index >= 15 is 0 Å². The zero-order valence-electron chi connectivity index (χ0n) is 9.45. The Morgan fingerprint density at radius 3 is 2.47 bits per heavy atom. The number of aliphatic carboxylic acids is 1. The Hall–Kier alpha value is -0.710. The van der Waals surface area contributed by atoms with Crippen molar-refractivity contribution >= 4 is 23.6 Å². The number of carboxylic acid groups (broad SMARTS) is 1. The second-order valence-electron chi connectivity index (χ2n) is 3.51. The summed E-state index contributed by atoms with van der Waals surface area (Å²) in [5.74, 6) is -0.460. The number of carbonyl (C=O) groups is 2. The summed E-state index contributed by atoms with van der Waals surface area (Å²) < 4.78 is 0. The molecule has 0 bridgehead atoms. The second kappa shape index (κ2) is 7.56. The van der Waals surface area contributed by atoms with Gasteiger partial charge in [0.2, 0.25) is 5.91 Å². The van der Waals surface area contributed by atoms with Crippen molar-refractivity contribution in [3.05, 3.63) is 0 Å². The summed E-state index contributed by atoms with van der Waals surface area (Å²) in [4.78, 5) is 22.2. The number of thioether (sulfide) groups is 1. The van der Waals surface area contributed by atoms with Gasteiger partial charge in [-0.2, -0.15) is 11.8 Å². The van der Waals surface area contributed by atoms with E-state index in [1.54, 1.807) is 11.8 Å². The molecule has 0 aromatic rings. The van der Waals surface area contributed by atoms with Gasteiger partial charge >= 0.3 is 5.97 Å². The molecule has 1 amide bonds. The van der Waals surface area contributed by atoms with Crippen molar-refractivity contribution in [2.75, 3.05) is 12.0 Å². The highest BCUT2D eigenvalue weighted by Crippen LogP contribution is 2.08. The molecule has 0 aliphatic rings. The molecule has 2 unspecified atom stereocenters. The summed E-state index contributed by atoms with van der Waals surface area (Å²) in [6, 6.07) is -0.760. The zero-order chi connectivity index (χ0) is 11.8. The van der Waals surface area contributed by atoms with Gasteiger partial charge in [0.1, 0.15) is 6.04 Å². The predicted molar refractivity (Wildman–Crippen MR) is 62.0 cm³/mol. The molecule has 0 heterocycles. The lowest BCUT2D eigenvalue weighted by molar-refractivity contribution is -0.143. The van der Waals surface area contributed by atoms with Crippen LogP contribution in [0.4, 0.5) is 0 Å². The maximum atomic E-state index is 11.3. The van der Waals surface area contributed by atoms with E-state index in [1.165, 1.54) is 0 Å². The standard InChI is InChI=1S/C10H19NO3S/c1-4-7(2)9(10(13)14)11-8(12)5-6-15-3/h7,9H,4-6H2,1-3H3,(H,11,12)(H,13,14). The van der Waals surface area contributed by atoms with Crippen molar-refractivity contribution in [1.82, 2.24) is 5.32 Å². The number of carboxylic acids is 1. The number of amides is 1. The van der Waals surface area contributed by atoms with E-state index in [2.05, 4.69) is 5.32 Å². The molecular formula is C10H19NO3S. The van der Waals surface area contributed by atoms with Crippen LogP contribution in [0.2, 0.25) is 0 Å². The molecule has 2 N–H and O–H groups in total. The van der Waals surface area contributed by atoms with Gasteiger partial charge in [0, 0.05) is 12.2 Å². The summed E-state index contributed by atoms with van der Waals surface area (Å²) in [6.45, 7) is 3.74. The zero-order valence-corrected chi connectivity index (χ0v) is 10.3. The fourth-order valence-corrected chi connectivity index (χ4v) is 1.51. The van der Waals surface area contributed by atoms with Crippen LogP contribution in [-0.2, 0) is 9.59 Å². The lowest BCUT2D eigenvalue weighted by Gasteiger charge is -2.19. The molecule has 0 spiro atoms. The molecule has 0 radical (unpaired) electrons. The molecule has 0 aliphatic heterocycles. The minimum absolute atomic E-state index is 0.0410. The topological polar surface area (TPSA) is 66.4 Å². The van der Waals surface area contributed by atoms with Crippen LogP contribution in [0.5, 0.6) is 0 Å². The van der Waals surface area contributed by atoms with Gasteiger partial charge in [0.25, 0.3) is 0 Å². The molecule has 0 aliphatic carbocycles. The van der Waals surface area contributed by atoms with Gasteiger partial charge in [-0.15, -0.1) is 0 Å². The van der Waals surface area contributed by atoms with Crippen molar-refractivity contribution in [3.8, 4) is 0 Å². The Bertz CT molecular complexity index is 221. The van der Waals surface area contributed by atoms with Crippen LogP contribution in [0.15, 0.2) is 0 Å². The molecule has 88 valence electrons. The Morgan fingerprint density at radius 1 is 1.47 bits per heavy atom. The molecule has 0 rings (SSSR count). The molecular weight excluding hydrogens is 214 g/mol.